The predicted molar refractivity (Wildman–Crippen MR) is 86.0 cm³/mol. The van der Waals surface area contributed by atoms with E-state index in [-0.39, 0.29) is 11.9 Å². The highest BCUT2D eigenvalue weighted by molar-refractivity contribution is 9.11. The van der Waals surface area contributed by atoms with Gasteiger partial charge in [-0.25, -0.2) is 0 Å². The number of halogens is 1. The van der Waals surface area contributed by atoms with Crippen molar-refractivity contribution < 1.29 is 4.79 Å². The van der Waals surface area contributed by atoms with Gasteiger partial charge >= 0.3 is 0 Å². The van der Waals surface area contributed by atoms with Crippen LogP contribution in [-0.2, 0) is 6.54 Å². The van der Waals surface area contributed by atoms with Gasteiger partial charge in [0.2, 0.25) is 0 Å². The molecule has 0 fully saturated rings. The molecule has 2 aromatic rings. The maximum atomic E-state index is 12.6. The number of aromatic nitrogens is 1. The monoisotopic (exact) mass is 352 g/mol. The summed E-state index contributed by atoms with van der Waals surface area (Å²) in [5, 5.41) is 0. The Balaban J connectivity index is 2.22. The summed E-state index contributed by atoms with van der Waals surface area (Å²) in [7, 11) is 0. The lowest BCUT2D eigenvalue weighted by Crippen LogP contribution is -2.36. The summed E-state index contributed by atoms with van der Waals surface area (Å²) in [5.74, 6) is 0.0597. The number of aryl methyl sites for hydroxylation is 1. The molecule has 106 valence electrons. The largest absolute Gasteiger partial charge is 0.330 e. The van der Waals surface area contributed by atoms with Crippen LogP contribution in [0.15, 0.2) is 34.2 Å². The quantitative estimate of drug-likeness (QED) is 0.823. The minimum absolute atomic E-state index is 0.0597. The third-order valence-electron chi connectivity index (χ3n) is 3.01. The van der Waals surface area contributed by atoms with Gasteiger partial charge in [-0.1, -0.05) is 6.07 Å². The van der Waals surface area contributed by atoms with E-state index in [0.717, 1.165) is 19.9 Å². The summed E-state index contributed by atoms with van der Waals surface area (Å²) in [6, 6.07) is 7.83. The van der Waals surface area contributed by atoms with Crippen molar-refractivity contribution in [3.05, 3.63) is 50.4 Å². The second-order valence-corrected chi connectivity index (χ2v) is 7.29. The lowest BCUT2D eigenvalue weighted by molar-refractivity contribution is 0.0693. The zero-order chi connectivity index (χ0) is 14.7. The maximum Gasteiger partial charge on any atom is 0.264 e. The SMILES string of the molecule is Cc1cc(C(=O)N(Cc2ccccn2)C(C)C)sc1Br. The molecule has 3 nitrogen and oxygen atoms in total. The molecule has 1 amide bonds. The van der Waals surface area contributed by atoms with E-state index < -0.39 is 0 Å². The molecule has 5 heteroatoms. The molecule has 2 aromatic heterocycles. The van der Waals surface area contributed by atoms with Gasteiger partial charge in [-0.3, -0.25) is 9.78 Å². The molecule has 0 aliphatic rings. The van der Waals surface area contributed by atoms with Gasteiger partial charge in [-0.05, 0) is 60.5 Å². The number of carbonyl (C=O) groups is 1. The van der Waals surface area contributed by atoms with E-state index in [0.29, 0.717) is 6.54 Å². The van der Waals surface area contributed by atoms with Crippen molar-refractivity contribution in [2.75, 3.05) is 0 Å². The summed E-state index contributed by atoms with van der Waals surface area (Å²) < 4.78 is 1.02. The smallest absolute Gasteiger partial charge is 0.264 e. The van der Waals surface area contributed by atoms with Crippen molar-refractivity contribution in [2.45, 2.75) is 33.4 Å². The van der Waals surface area contributed by atoms with Gasteiger partial charge in [0.1, 0.15) is 0 Å². The second-order valence-electron chi connectivity index (χ2n) is 4.92. The molecule has 0 unspecified atom stereocenters. The molecule has 0 atom stereocenters. The standard InChI is InChI=1S/C15H17BrN2OS/c1-10(2)18(9-12-6-4-5-7-17-12)15(19)13-8-11(3)14(16)20-13/h4-8,10H,9H2,1-3H3. The van der Waals surface area contributed by atoms with Crippen LogP contribution in [0.2, 0.25) is 0 Å². The zero-order valence-corrected chi connectivity index (χ0v) is 14.2. The number of carbonyl (C=O) groups excluding carboxylic acids is 1. The Morgan fingerprint density at radius 1 is 1.45 bits per heavy atom. The van der Waals surface area contributed by atoms with Gasteiger partial charge < -0.3 is 4.90 Å². The number of thiophene rings is 1. The minimum Gasteiger partial charge on any atom is -0.330 e. The Bertz CT molecular complexity index is 576. The second kappa shape index (κ2) is 6.50. The van der Waals surface area contributed by atoms with Crippen LogP contribution in [0.25, 0.3) is 0 Å². The summed E-state index contributed by atoms with van der Waals surface area (Å²) in [5.41, 5.74) is 2.00. The van der Waals surface area contributed by atoms with Crippen molar-refractivity contribution in [2.24, 2.45) is 0 Å². The van der Waals surface area contributed by atoms with Gasteiger partial charge in [0.15, 0.2) is 0 Å². The molecule has 0 N–H and O–H groups in total. The average molecular weight is 353 g/mol. The van der Waals surface area contributed by atoms with Gasteiger partial charge in [0.05, 0.1) is 20.9 Å². The molecule has 0 aliphatic heterocycles. The fourth-order valence-corrected chi connectivity index (χ4v) is 3.35. The maximum absolute atomic E-state index is 12.6. The topological polar surface area (TPSA) is 33.2 Å². The number of rotatable bonds is 4. The highest BCUT2D eigenvalue weighted by atomic mass is 79.9. The van der Waals surface area contributed by atoms with Gasteiger partial charge in [-0.15, -0.1) is 11.3 Å². The van der Waals surface area contributed by atoms with E-state index in [4.69, 9.17) is 0 Å². The third-order valence-corrected chi connectivity index (χ3v) is 5.14. The van der Waals surface area contributed by atoms with Gasteiger partial charge in [0.25, 0.3) is 5.91 Å². The molecule has 0 spiro atoms. The van der Waals surface area contributed by atoms with Crippen molar-refractivity contribution in [3.63, 3.8) is 0 Å². The zero-order valence-electron chi connectivity index (χ0n) is 11.8. The van der Waals surface area contributed by atoms with Crippen molar-refractivity contribution in [1.29, 1.82) is 0 Å². The van der Waals surface area contributed by atoms with Gasteiger partial charge in [-0.2, -0.15) is 0 Å². The Kier molecular flexibility index (Phi) is 4.94. The van der Waals surface area contributed by atoms with Crippen LogP contribution in [-0.4, -0.2) is 21.8 Å². The van der Waals surface area contributed by atoms with Crippen LogP contribution < -0.4 is 0 Å². The van der Waals surface area contributed by atoms with Crippen LogP contribution in [0.1, 0.15) is 34.8 Å². The van der Waals surface area contributed by atoms with Crippen molar-refractivity contribution in [3.8, 4) is 0 Å². The molecular weight excluding hydrogens is 336 g/mol. The molecule has 0 saturated heterocycles. The van der Waals surface area contributed by atoms with Crippen LogP contribution in [0, 0.1) is 6.92 Å². The lowest BCUT2D eigenvalue weighted by atomic mass is 10.2. The Hall–Kier alpha value is -1.20. The molecule has 0 aromatic carbocycles. The van der Waals surface area contributed by atoms with Crippen LogP contribution in [0.4, 0.5) is 0 Å². The number of pyridine rings is 1. The van der Waals surface area contributed by atoms with E-state index in [2.05, 4.69) is 20.9 Å². The highest BCUT2D eigenvalue weighted by Gasteiger charge is 2.21. The first-order valence-electron chi connectivity index (χ1n) is 6.46. The number of amides is 1. The van der Waals surface area contributed by atoms with E-state index >= 15 is 0 Å². The number of nitrogens with zero attached hydrogens (tertiary/aromatic N) is 2. The van der Waals surface area contributed by atoms with Crippen LogP contribution in [0.5, 0.6) is 0 Å². The molecular formula is C15H17BrN2OS. The van der Waals surface area contributed by atoms with E-state index in [1.807, 2.05) is 49.9 Å². The molecule has 0 bridgehead atoms. The molecule has 2 rings (SSSR count). The van der Waals surface area contributed by atoms with E-state index in [1.54, 1.807) is 6.20 Å². The van der Waals surface area contributed by atoms with E-state index in [9.17, 15) is 4.79 Å². The first kappa shape index (κ1) is 15.2. The normalized spacial score (nSPS) is 10.8. The Morgan fingerprint density at radius 2 is 2.20 bits per heavy atom. The van der Waals surface area contributed by atoms with Crippen LogP contribution >= 0.6 is 27.3 Å². The first-order chi connectivity index (χ1) is 9.49. The summed E-state index contributed by atoms with van der Waals surface area (Å²) in [6.07, 6.45) is 1.75. The van der Waals surface area contributed by atoms with Crippen molar-refractivity contribution in [1.82, 2.24) is 9.88 Å². The molecule has 2 heterocycles. The summed E-state index contributed by atoms with van der Waals surface area (Å²) >= 11 is 4.96. The first-order valence-corrected chi connectivity index (χ1v) is 8.06. The highest BCUT2D eigenvalue weighted by Crippen LogP contribution is 2.28. The lowest BCUT2D eigenvalue weighted by Gasteiger charge is -2.25. The fourth-order valence-electron chi connectivity index (χ4n) is 1.86. The summed E-state index contributed by atoms with van der Waals surface area (Å²) in [6.45, 7) is 6.58. The third kappa shape index (κ3) is 3.46. The average Bonchev–Trinajstić information content (AvgIpc) is 2.76. The van der Waals surface area contributed by atoms with E-state index in [1.165, 1.54) is 11.3 Å². The molecule has 0 radical (unpaired) electrons. The predicted octanol–water partition coefficient (Wildman–Crippen LogP) is 4.26. The Morgan fingerprint density at radius 3 is 2.70 bits per heavy atom. The van der Waals surface area contributed by atoms with Gasteiger partial charge in [0, 0.05) is 12.2 Å². The molecule has 0 aliphatic carbocycles. The molecule has 0 saturated carbocycles. The van der Waals surface area contributed by atoms with Crippen molar-refractivity contribution >= 4 is 33.2 Å². The van der Waals surface area contributed by atoms with Crippen LogP contribution in [0.3, 0.4) is 0 Å². The Labute approximate surface area is 131 Å². The summed E-state index contributed by atoms with van der Waals surface area (Å²) in [4.78, 5) is 19.6. The molecule has 20 heavy (non-hydrogen) atoms. The minimum atomic E-state index is 0.0597. The fraction of sp³-hybridized carbons (Fsp3) is 0.333. The number of hydrogen-bond acceptors (Lipinski definition) is 3. The number of hydrogen-bond donors (Lipinski definition) is 0.